The van der Waals surface area contributed by atoms with Crippen molar-refractivity contribution in [1.82, 2.24) is 0 Å². The van der Waals surface area contributed by atoms with E-state index in [1.54, 1.807) is 19.1 Å². The summed E-state index contributed by atoms with van der Waals surface area (Å²) in [5.41, 5.74) is 5.22. The highest BCUT2D eigenvalue weighted by Gasteiger charge is 2.31. The van der Waals surface area contributed by atoms with E-state index in [-0.39, 0.29) is 23.9 Å². The molecule has 0 aliphatic carbocycles. The fourth-order valence-electron chi connectivity index (χ4n) is 2.53. The first-order valence-corrected chi connectivity index (χ1v) is 9.83. The second kappa shape index (κ2) is 10.1. The Labute approximate surface area is 176 Å². The van der Waals surface area contributed by atoms with Crippen LogP contribution in [0.15, 0.2) is 52.3 Å². The van der Waals surface area contributed by atoms with Gasteiger partial charge in [0.2, 0.25) is 0 Å². The first-order chi connectivity index (χ1) is 12.5. The first-order valence-electron chi connectivity index (χ1n) is 8.31. The van der Waals surface area contributed by atoms with Gasteiger partial charge in [-0.2, -0.15) is 13.2 Å². The number of aliphatic hydroxyl groups excluding tert-OH is 1. The summed E-state index contributed by atoms with van der Waals surface area (Å²) < 4.78 is 51.1. The predicted molar refractivity (Wildman–Crippen MR) is 107 cm³/mol. The molecule has 2 unspecified atom stereocenters. The van der Waals surface area contributed by atoms with Gasteiger partial charge in [-0.1, -0.05) is 23.7 Å². The van der Waals surface area contributed by atoms with Crippen LogP contribution in [0.25, 0.3) is 0 Å². The third-order valence-electron chi connectivity index (χ3n) is 4.17. The Morgan fingerprint density at radius 3 is 2.36 bits per heavy atom. The molecule has 0 radical (unpaired) electrons. The average molecular weight is 456 g/mol. The first kappa shape index (κ1) is 24.9. The zero-order valence-corrected chi connectivity index (χ0v) is 17.5. The molecule has 0 bridgehead atoms. The monoisotopic (exact) mass is 455 g/mol. The summed E-state index contributed by atoms with van der Waals surface area (Å²) in [7, 11) is -1.77. The Morgan fingerprint density at radius 2 is 1.79 bits per heavy atom. The molecule has 2 rings (SSSR count). The van der Waals surface area contributed by atoms with Crippen LogP contribution >= 0.6 is 24.0 Å². The summed E-state index contributed by atoms with van der Waals surface area (Å²) in [4.78, 5) is 0.401. The van der Waals surface area contributed by atoms with Gasteiger partial charge in [-0.25, -0.2) is 4.21 Å². The van der Waals surface area contributed by atoms with Gasteiger partial charge in [-0.05, 0) is 62.1 Å². The van der Waals surface area contributed by atoms with Gasteiger partial charge < -0.3 is 10.8 Å². The van der Waals surface area contributed by atoms with Crippen molar-refractivity contribution in [1.29, 1.82) is 0 Å². The van der Waals surface area contributed by atoms with Gasteiger partial charge in [0.25, 0.3) is 0 Å². The van der Waals surface area contributed by atoms with Crippen LogP contribution in [0.1, 0.15) is 30.9 Å². The van der Waals surface area contributed by atoms with Crippen molar-refractivity contribution in [2.75, 3.05) is 6.61 Å². The smallest absolute Gasteiger partial charge is 0.394 e. The minimum absolute atomic E-state index is 0. The molecule has 0 saturated heterocycles. The van der Waals surface area contributed by atoms with Crippen LogP contribution in [0.4, 0.5) is 13.2 Å². The number of alkyl halides is 3. The number of aryl methyl sites for hydroxylation is 1. The molecule has 9 heteroatoms. The zero-order chi connectivity index (χ0) is 20.2. The third kappa shape index (κ3) is 6.74. The maximum Gasteiger partial charge on any atom is 0.416 e. The fourth-order valence-corrected chi connectivity index (χ4v) is 4.00. The Bertz CT molecular complexity index is 829. The highest BCUT2D eigenvalue weighted by Crippen LogP contribution is 2.31. The van der Waals surface area contributed by atoms with Gasteiger partial charge >= 0.3 is 6.18 Å². The summed E-state index contributed by atoms with van der Waals surface area (Å²) in [5, 5.41) is 9.56. The van der Waals surface area contributed by atoms with Crippen molar-refractivity contribution in [2.24, 2.45) is 5.73 Å². The van der Waals surface area contributed by atoms with Crippen LogP contribution in [0.5, 0.6) is 0 Å². The van der Waals surface area contributed by atoms with Crippen LogP contribution in [0, 0.1) is 0 Å². The minimum Gasteiger partial charge on any atom is -0.394 e. The summed E-state index contributed by atoms with van der Waals surface area (Å²) in [6.07, 6.45) is -2.54. The number of aliphatic hydroxyl groups is 1. The fraction of sp³-hybridized carbons (Fsp3) is 0.368. The molecule has 0 saturated carbocycles. The molecule has 156 valence electrons. The van der Waals surface area contributed by atoms with Crippen LogP contribution in [0.2, 0.25) is 5.02 Å². The van der Waals surface area contributed by atoms with Gasteiger partial charge in [0, 0.05) is 20.4 Å². The van der Waals surface area contributed by atoms with Crippen molar-refractivity contribution in [3.63, 3.8) is 0 Å². The average Bonchev–Trinajstić information content (AvgIpc) is 2.61. The van der Waals surface area contributed by atoms with E-state index >= 15 is 0 Å². The lowest BCUT2D eigenvalue weighted by molar-refractivity contribution is -0.137. The molecule has 28 heavy (non-hydrogen) atoms. The van der Waals surface area contributed by atoms with E-state index in [1.807, 2.05) is 0 Å². The summed E-state index contributed by atoms with van der Waals surface area (Å²) >= 11 is 6.25. The van der Waals surface area contributed by atoms with Crippen LogP contribution < -0.4 is 5.73 Å². The van der Waals surface area contributed by atoms with Crippen molar-refractivity contribution >= 4 is 34.8 Å². The van der Waals surface area contributed by atoms with Crippen molar-refractivity contribution in [2.45, 2.75) is 47.7 Å². The summed E-state index contributed by atoms with van der Waals surface area (Å²) in [6.45, 7) is 1.64. The molecule has 0 spiro atoms. The highest BCUT2D eigenvalue weighted by atomic mass is 35.5. The SMILES string of the molecule is CC(N)(CO)CCCc1ccc(S(=O)c2cccc(C(F)(F)F)c2)cc1Cl.Cl. The van der Waals surface area contributed by atoms with Crippen LogP contribution in [-0.4, -0.2) is 21.5 Å². The lowest BCUT2D eigenvalue weighted by atomic mass is 9.95. The molecular formula is C19H22Cl2F3NO2S. The molecule has 2 aromatic carbocycles. The molecule has 0 fully saturated rings. The number of nitrogens with two attached hydrogens (primary N) is 1. The summed E-state index contributed by atoms with van der Waals surface area (Å²) in [5.74, 6) is 0. The van der Waals surface area contributed by atoms with E-state index in [4.69, 9.17) is 22.4 Å². The number of halogens is 5. The number of benzene rings is 2. The van der Waals surface area contributed by atoms with Crippen molar-refractivity contribution < 1.29 is 22.5 Å². The van der Waals surface area contributed by atoms with Gasteiger partial charge in [-0.15, -0.1) is 12.4 Å². The van der Waals surface area contributed by atoms with E-state index in [1.165, 1.54) is 18.2 Å². The van der Waals surface area contributed by atoms with Gasteiger partial charge in [-0.3, -0.25) is 0 Å². The molecule has 0 heterocycles. The Morgan fingerprint density at radius 1 is 1.14 bits per heavy atom. The van der Waals surface area contributed by atoms with E-state index in [0.29, 0.717) is 29.2 Å². The Kier molecular flexibility index (Phi) is 8.96. The Balaban J connectivity index is 0.00000392. The molecule has 0 amide bonds. The minimum atomic E-state index is -4.49. The lowest BCUT2D eigenvalue weighted by Gasteiger charge is -2.21. The summed E-state index contributed by atoms with van der Waals surface area (Å²) in [6, 6.07) is 9.28. The van der Waals surface area contributed by atoms with Crippen molar-refractivity contribution in [3.8, 4) is 0 Å². The molecule has 2 atom stereocenters. The molecule has 3 N–H and O–H groups in total. The molecule has 3 nitrogen and oxygen atoms in total. The standard InChI is InChI=1S/C19H21ClF3NO2S.ClH/c1-18(24,12-25)9-3-4-13-7-8-16(11-17(13)20)27(26)15-6-2-5-14(10-15)19(21,22)23;/h2,5-8,10-11,25H,3-4,9,12,24H2,1H3;1H. The quantitative estimate of drug-likeness (QED) is 0.618. The van der Waals surface area contributed by atoms with E-state index in [9.17, 15) is 17.4 Å². The van der Waals surface area contributed by atoms with Crippen LogP contribution in [-0.2, 0) is 23.4 Å². The second-order valence-corrected chi connectivity index (χ2v) is 8.60. The normalized spacial score (nSPS) is 14.8. The third-order valence-corrected chi connectivity index (χ3v) is 5.89. The molecule has 0 aliphatic heterocycles. The van der Waals surface area contributed by atoms with E-state index < -0.39 is 28.1 Å². The number of hydrogen-bond donors (Lipinski definition) is 2. The molecule has 0 aliphatic rings. The zero-order valence-electron chi connectivity index (χ0n) is 15.1. The second-order valence-electron chi connectivity index (χ2n) is 6.71. The number of hydrogen-bond acceptors (Lipinski definition) is 3. The Hall–Kier alpha value is -1.12. The van der Waals surface area contributed by atoms with E-state index in [0.717, 1.165) is 17.7 Å². The predicted octanol–water partition coefficient (Wildman–Crippen LogP) is 4.98. The molecule has 0 aromatic heterocycles. The van der Waals surface area contributed by atoms with Gasteiger partial charge in [0.1, 0.15) is 0 Å². The highest BCUT2D eigenvalue weighted by molar-refractivity contribution is 7.85. The molecule has 2 aromatic rings. The number of rotatable bonds is 7. The van der Waals surface area contributed by atoms with Gasteiger partial charge in [0.05, 0.1) is 23.0 Å². The topological polar surface area (TPSA) is 63.3 Å². The van der Waals surface area contributed by atoms with E-state index in [2.05, 4.69) is 0 Å². The van der Waals surface area contributed by atoms with Gasteiger partial charge in [0.15, 0.2) is 0 Å². The van der Waals surface area contributed by atoms with Crippen LogP contribution in [0.3, 0.4) is 0 Å². The lowest BCUT2D eigenvalue weighted by Crippen LogP contribution is -2.40. The maximum absolute atomic E-state index is 12.8. The van der Waals surface area contributed by atoms with Crippen molar-refractivity contribution in [3.05, 3.63) is 58.6 Å². The molecular weight excluding hydrogens is 434 g/mol. The largest absolute Gasteiger partial charge is 0.416 e. The maximum atomic E-state index is 12.8.